The molecule has 8 heteroatoms. The van der Waals surface area contributed by atoms with Crippen molar-refractivity contribution in [2.45, 2.75) is 18.9 Å². The molecular formula is C15H29Cl2N3O2S. The minimum atomic E-state index is 0. The summed E-state index contributed by atoms with van der Waals surface area (Å²) in [7, 11) is 0. The molecule has 3 aliphatic heterocycles. The highest BCUT2D eigenvalue weighted by molar-refractivity contribution is 7.99. The van der Waals surface area contributed by atoms with Crippen LogP contribution >= 0.6 is 36.6 Å². The Morgan fingerprint density at radius 3 is 2.70 bits per heavy atom. The van der Waals surface area contributed by atoms with Gasteiger partial charge in [0.15, 0.2) is 0 Å². The van der Waals surface area contributed by atoms with E-state index >= 15 is 0 Å². The largest absolute Gasteiger partial charge is 0.379 e. The molecule has 2 unspecified atom stereocenters. The first kappa shape index (κ1) is 21.3. The number of amides is 1. The fourth-order valence-corrected chi connectivity index (χ4v) is 4.40. The third-order valence-corrected chi connectivity index (χ3v) is 5.81. The predicted molar refractivity (Wildman–Crippen MR) is 100 cm³/mol. The fraction of sp³-hybridized carbons (Fsp3) is 0.933. The summed E-state index contributed by atoms with van der Waals surface area (Å²) in [6.45, 7) is 7.90. The van der Waals surface area contributed by atoms with Gasteiger partial charge in [-0.25, -0.2) is 0 Å². The summed E-state index contributed by atoms with van der Waals surface area (Å²) in [4.78, 5) is 17.0. The summed E-state index contributed by atoms with van der Waals surface area (Å²) in [6, 6.07) is 0.384. The molecule has 0 saturated carbocycles. The average Bonchev–Trinajstić information content (AvgIpc) is 2.98. The summed E-state index contributed by atoms with van der Waals surface area (Å²) >= 11 is 1.96. The van der Waals surface area contributed by atoms with Crippen molar-refractivity contribution in [1.82, 2.24) is 15.1 Å². The predicted octanol–water partition coefficient (Wildman–Crippen LogP) is 1.11. The molecule has 3 rings (SSSR count). The molecule has 1 N–H and O–H groups in total. The van der Waals surface area contributed by atoms with E-state index in [9.17, 15) is 4.79 Å². The first-order chi connectivity index (χ1) is 10.3. The zero-order chi connectivity index (χ0) is 14.5. The van der Waals surface area contributed by atoms with Crippen LogP contribution in [0, 0.1) is 5.92 Å². The SMILES string of the molecule is Cl.Cl.O=C(CC1CSCCN1)N1CCC(CN2CCOCC2)C1. The van der Waals surface area contributed by atoms with E-state index < -0.39 is 0 Å². The molecule has 0 aromatic heterocycles. The van der Waals surface area contributed by atoms with Crippen LogP contribution in [0.4, 0.5) is 0 Å². The molecule has 23 heavy (non-hydrogen) atoms. The van der Waals surface area contributed by atoms with Crippen molar-refractivity contribution in [3.63, 3.8) is 0 Å². The van der Waals surface area contributed by atoms with Crippen LogP contribution in [0.5, 0.6) is 0 Å². The summed E-state index contributed by atoms with van der Waals surface area (Å²) in [5.41, 5.74) is 0. The van der Waals surface area contributed by atoms with E-state index in [-0.39, 0.29) is 24.8 Å². The Bertz CT molecular complexity index is 354. The molecule has 3 aliphatic rings. The van der Waals surface area contributed by atoms with Crippen LogP contribution in [-0.2, 0) is 9.53 Å². The van der Waals surface area contributed by atoms with Crippen LogP contribution in [0.1, 0.15) is 12.8 Å². The van der Waals surface area contributed by atoms with Gasteiger partial charge < -0.3 is 15.0 Å². The zero-order valence-electron chi connectivity index (χ0n) is 13.6. The van der Waals surface area contributed by atoms with E-state index in [0.717, 1.165) is 64.7 Å². The number of hydrogen-bond donors (Lipinski definition) is 1. The first-order valence-corrected chi connectivity index (χ1v) is 9.36. The average molecular weight is 386 g/mol. The van der Waals surface area contributed by atoms with E-state index in [1.54, 1.807) is 0 Å². The van der Waals surface area contributed by atoms with Gasteiger partial charge in [-0.15, -0.1) is 24.8 Å². The van der Waals surface area contributed by atoms with Crippen molar-refractivity contribution >= 4 is 42.5 Å². The van der Waals surface area contributed by atoms with Crippen LogP contribution in [0.2, 0.25) is 0 Å². The Balaban J connectivity index is 0.00000132. The smallest absolute Gasteiger partial charge is 0.224 e. The third kappa shape index (κ3) is 6.59. The number of carbonyl (C=O) groups is 1. The van der Waals surface area contributed by atoms with Gasteiger partial charge in [-0.2, -0.15) is 11.8 Å². The number of nitrogens with zero attached hydrogens (tertiary/aromatic N) is 2. The van der Waals surface area contributed by atoms with Gasteiger partial charge in [0.05, 0.1) is 13.2 Å². The molecule has 5 nitrogen and oxygen atoms in total. The Hall–Kier alpha value is 0.280. The lowest BCUT2D eigenvalue weighted by molar-refractivity contribution is -0.130. The number of thioether (sulfide) groups is 1. The fourth-order valence-electron chi connectivity index (χ4n) is 3.45. The van der Waals surface area contributed by atoms with E-state index in [2.05, 4.69) is 15.1 Å². The zero-order valence-corrected chi connectivity index (χ0v) is 16.0. The Labute approximate surface area is 156 Å². The van der Waals surface area contributed by atoms with Crippen molar-refractivity contribution in [2.75, 3.05) is 64.0 Å². The molecule has 0 bridgehead atoms. The van der Waals surface area contributed by atoms with Gasteiger partial charge in [0, 0.05) is 63.2 Å². The maximum Gasteiger partial charge on any atom is 0.224 e. The lowest BCUT2D eigenvalue weighted by Crippen LogP contribution is -2.43. The minimum absolute atomic E-state index is 0. The number of nitrogens with one attached hydrogen (secondary N) is 1. The molecule has 3 fully saturated rings. The number of morpholine rings is 1. The lowest BCUT2D eigenvalue weighted by atomic mass is 10.1. The van der Waals surface area contributed by atoms with Gasteiger partial charge in [0.1, 0.15) is 0 Å². The topological polar surface area (TPSA) is 44.8 Å². The van der Waals surface area contributed by atoms with Gasteiger partial charge >= 0.3 is 0 Å². The molecule has 3 heterocycles. The summed E-state index contributed by atoms with van der Waals surface area (Å²) in [6.07, 6.45) is 1.84. The molecule has 136 valence electrons. The molecule has 0 radical (unpaired) electrons. The highest BCUT2D eigenvalue weighted by Crippen LogP contribution is 2.20. The maximum atomic E-state index is 12.4. The number of hydrogen-bond acceptors (Lipinski definition) is 5. The Morgan fingerprint density at radius 2 is 2.00 bits per heavy atom. The van der Waals surface area contributed by atoms with Crippen molar-refractivity contribution in [2.24, 2.45) is 5.92 Å². The van der Waals surface area contributed by atoms with Crippen LogP contribution in [0.3, 0.4) is 0 Å². The molecule has 0 spiro atoms. The number of halogens is 2. The maximum absolute atomic E-state index is 12.4. The lowest BCUT2D eigenvalue weighted by Gasteiger charge is -2.29. The van der Waals surface area contributed by atoms with E-state index in [0.29, 0.717) is 24.3 Å². The molecule has 2 atom stereocenters. The Kier molecular flexibility index (Phi) is 10.2. The van der Waals surface area contributed by atoms with Gasteiger partial charge in [0.25, 0.3) is 0 Å². The summed E-state index contributed by atoms with van der Waals surface area (Å²) in [5, 5.41) is 3.46. The van der Waals surface area contributed by atoms with Gasteiger partial charge in [-0.1, -0.05) is 0 Å². The second-order valence-corrected chi connectivity index (χ2v) is 7.49. The molecular weight excluding hydrogens is 357 g/mol. The second-order valence-electron chi connectivity index (χ2n) is 6.34. The number of ether oxygens (including phenoxy) is 1. The van der Waals surface area contributed by atoms with Crippen LogP contribution in [-0.4, -0.2) is 85.7 Å². The summed E-state index contributed by atoms with van der Waals surface area (Å²) in [5.74, 6) is 3.26. The van der Waals surface area contributed by atoms with Crippen molar-refractivity contribution in [3.05, 3.63) is 0 Å². The van der Waals surface area contributed by atoms with Crippen LogP contribution in [0.15, 0.2) is 0 Å². The molecule has 0 aromatic rings. The van der Waals surface area contributed by atoms with Crippen LogP contribution in [0.25, 0.3) is 0 Å². The van der Waals surface area contributed by atoms with E-state index in [1.165, 1.54) is 5.75 Å². The van der Waals surface area contributed by atoms with Crippen molar-refractivity contribution in [1.29, 1.82) is 0 Å². The highest BCUT2D eigenvalue weighted by Gasteiger charge is 2.29. The van der Waals surface area contributed by atoms with Crippen LogP contribution < -0.4 is 5.32 Å². The molecule has 1 amide bonds. The second kappa shape index (κ2) is 11.0. The minimum Gasteiger partial charge on any atom is -0.379 e. The van der Waals surface area contributed by atoms with Gasteiger partial charge in [-0.3, -0.25) is 9.69 Å². The first-order valence-electron chi connectivity index (χ1n) is 8.20. The van der Waals surface area contributed by atoms with Gasteiger partial charge in [0.2, 0.25) is 5.91 Å². The van der Waals surface area contributed by atoms with Crippen molar-refractivity contribution in [3.8, 4) is 0 Å². The van der Waals surface area contributed by atoms with Crippen molar-refractivity contribution < 1.29 is 9.53 Å². The number of rotatable bonds is 4. The quantitative estimate of drug-likeness (QED) is 0.784. The summed E-state index contributed by atoms with van der Waals surface area (Å²) < 4.78 is 5.39. The third-order valence-electron chi connectivity index (χ3n) is 4.68. The monoisotopic (exact) mass is 385 g/mol. The molecule has 0 aliphatic carbocycles. The normalized spacial score (nSPS) is 28.8. The Morgan fingerprint density at radius 1 is 1.22 bits per heavy atom. The highest BCUT2D eigenvalue weighted by atomic mass is 35.5. The van der Waals surface area contributed by atoms with E-state index in [4.69, 9.17) is 4.74 Å². The molecule has 3 saturated heterocycles. The van der Waals surface area contributed by atoms with E-state index in [1.807, 2.05) is 11.8 Å². The molecule has 0 aromatic carbocycles. The standard InChI is InChI=1S/C15H27N3O2S.2ClH/c19-15(9-14-12-21-8-2-16-14)18-3-1-13(11-18)10-17-4-6-20-7-5-17;;/h13-14,16H,1-12H2;2*1H. The number of likely N-dealkylation sites (tertiary alicyclic amines) is 1. The number of carbonyl (C=O) groups excluding carboxylic acids is 1. The van der Waals surface area contributed by atoms with Gasteiger partial charge in [-0.05, 0) is 12.3 Å².